The SMILES string of the molecule is Cc1cnc(CNc2ccc(Cl)cc2C(N)=S)s1. The van der Waals surface area contributed by atoms with E-state index >= 15 is 0 Å². The summed E-state index contributed by atoms with van der Waals surface area (Å²) in [7, 11) is 0. The Bertz CT molecular complexity index is 580. The lowest BCUT2D eigenvalue weighted by molar-refractivity contribution is 1.10. The van der Waals surface area contributed by atoms with Crippen LogP contribution >= 0.6 is 35.2 Å². The summed E-state index contributed by atoms with van der Waals surface area (Å²) >= 11 is 12.6. The van der Waals surface area contributed by atoms with Gasteiger partial charge in [0, 0.05) is 27.3 Å². The van der Waals surface area contributed by atoms with Crippen LogP contribution in [0.4, 0.5) is 5.69 Å². The molecule has 94 valence electrons. The average molecular weight is 298 g/mol. The molecule has 0 aliphatic heterocycles. The van der Waals surface area contributed by atoms with Crippen molar-refractivity contribution in [1.82, 2.24) is 4.98 Å². The number of hydrogen-bond donors (Lipinski definition) is 2. The smallest absolute Gasteiger partial charge is 0.112 e. The molecule has 1 aromatic heterocycles. The second kappa shape index (κ2) is 5.65. The van der Waals surface area contributed by atoms with Crippen molar-refractivity contribution in [2.45, 2.75) is 13.5 Å². The Morgan fingerprint density at radius 1 is 1.56 bits per heavy atom. The van der Waals surface area contributed by atoms with Crippen LogP contribution in [-0.4, -0.2) is 9.97 Å². The Labute approximate surface area is 120 Å². The lowest BCUT2D eigenvalue weighted by atomic mass is 10.2. The summed E-state index contributed by atoms with van der Waals surface area (Å²) in [5, 5.41) is 4.92. The zero-order valence-electron chi connectivity index (χ0n) is 9.74. The summed E-state index contributed by atoms with van der Waals surface area (Å²) in [5.74, 6) is 0. The first-order valence-corrected chi connectivity index (χ1v) is 6.91. The largest absolute Gasteiger partial charge is 0.389 e. The Morgan fingerprint density at radius 3 is 2.94 bits per heavy atom. The van der Waals surface area contributed by atoms with E-state index in [9.17, 15) is 0 Å². The molecular weight excluding hydrogens is 286 g/mol. The van der Waals surface area contributed by atoms with Crippen LogP contribution in [0, 0.1) is 6.92 Å². The molecule has 2 rings (SSSR count). The second-order valence-corrected chi connectivity index (χ2v) is 5.97. The first kappa shape index (κ1) is 13.3. The first-order valence-electron chi connectivity index (χ1n) is 5.31. The molecule has 0 saturated carbocycles. The van der Waals surface area contributed by atoms with Crippen LogP contribution in [0.2, 0.25) is 5.02 Å². The van der Waals surface area contributed by atoms with Crippen LogP contribution in [-0.2, 0) is 6.54 Å². The fraction of sp³-hybridized carbons (Fsp3) is 0.167. The Morgan fingerprint density at radius 2 is 2.33 bits per heavy atom. The minimum absolute atomic E-state index is 0.329. The van der Waals surface area contributed by atoms with Crippen LogP contribution in [0.1, 0.15) is 15.4 Å². The highest BCUT2D eigenvalue weighted by molar-refractivity contribution is 7.80. The summed E-state index contributed by atoms with van der Waals surface area (Å²) in [6.45, 7) is 2.68. The van der Waals surface area contributed by atoms with E-state index in [2.05, 4.69) is 10.3 Å². The zero-order valence-corrected chi connectivity index (χ0v) is 12.1. The van der Waals surface area contributed by atoms with Gasteiger partial charge >= 0.3 is 0 Å². The Kier molecular flexibility index (Phi) is 4.16. The highest BCUT2D eigenvalue weighted by atomic mass is 35.5. The second-order valence-electron chi connectivity index (χ2n) is 3.77. The molecule has 0 fully saturated rings. The number of thiazole rings is 1. The van der Waals surface area contributed by atoms with Crippen molar-refractivity contribution in [2.24, 2.45) is 5.73 Å². The van der Waals surface area contributed by atoms with Gasteiger partial charge in [0.1, 0.15) is 10.00 Å². The standard InChI is InChI=1S/C12H12ClN3S2/c1-7-5-16-11(18-7)6-15-10-3-2-8(13)4-9(10)12(14)17/h2-5,15H,6H2,1H3,(H2,14,17). The molecule has 0 spiro atoms. The molecule has 6 heteroatoms. The predicted molar refractivity (Wildman–Crippen MR) is 81.5 cm³/mol. The number of aryl methyl sites for hydroxylation is 1. The van der Waals surface area contributed by atoms with Crippen LogP contribution in [0.25, 0.3) is 0 Å². The van der Waals surface area contributed by atoms with Gasteiger partial charge in [0.15, 0.2) is 0 Å². The lowest BCUT2D eigenvalue weighted by Crippen LogP contribution is -2.13. The molecule has 2 aromatic rings. The average Bonchev–Trinajstić information content (AvgIpc) is 2.73. The number of anilines is 1. The number of aromatic nitrogens is 1. The molecule has 18 heavy (non-hydrogen) atoms. The number of thiocarbonyl (C=S) groups is 1. The van der Waals surface area contributed by atoms with Crippen molar-refractivity contribution in [1.29, 1.82) is 0 Å². The molecule has 0 amide bonds. The van der Waals surface area contributed by atoms with Gasteiger partial charge in [-0.3, -0.25) is 0 Å². The number of hydrogen-bond acceptors (Lipinski definition) is 4. The number of nitrogens with one attached hydrogen (secondary N) is 1. The van der Waals surface area contributed by atoms with E-state index < -0.39 is 0 Å². The van der Waals surface area contributed by atoms with Gasteiger partial charge in [-0.15, -0.1) is 11.3 Å². The first-order chi connectivity index (χ1) is 8.56. The van der Waals surface area contributed by atoms with Crippen molar-refractivity contribution < 1.29 is 0 Å². The third kappa shape index (κ3) is 3.19. The Hall–Kier alpha value is -1.17. The molecule has 0 saturated heterocycles. The number of rotatable bonds is 4. The van der Waals surface area contributed by atoms with Crippen LogP contribution in [0.5, 0.6) is 0 Å². The topological polar surface area (TPSA) is 50.9 Å². The van der Waals surface area contributed by atoms with Crippen LogP contribution in [0.15, 0.2) is 24.4 Å². The van der Waals surface area contributed by atoms with Crippen molar-refractivity contribution >= 4 is 45.8 Å². The van der Waals surface area contributed by atoms with Crippen molar-refractivity contribution in [3.63, 3.8) is 0 Å². The monoisotopic (exact) mass is 297 g/mol. The van der Waals surface area contributed by atoms with E-state index in [4.69, 9.17) is 29.6 Å². The minimum Gasteiger partial charge on any atom is -0.389 e. The summed E-state index contributed by atoms with van der Waals surface area (Å²) in [5.41, 5.74) is 7.31. The maximum Gasteiger partial charge on any atom is 0.112 e. The quantitative estimate of drug-likeness (QED) is 0.850. The third-order valence-corrected chi connectivity index (χ3v) is 3.71. The molecule has 1 aromatic carbocycles. The third-order valence-electron chi connectivity index (χ3n) is 2.35. The molecule has 3 nitrogen and oxygen atoms in total. The molecule has 0 unspecified atom stereocenters. The Balaban J connectivity index is 2.16. The summed E-state index contributed by atoms with van der Waals surface area (Å²) in [6, 6.07) is 5.44. The maximum atomic E-state index is 5.93. The summed E-state index contributed by atoms with van der Waals surface area (Å²) in [4.78, 5) is 5.81. The normalized spacial score (nSPS) is 10.3. The van der Waals surface area contributed by atoms with Gasteiger partial charge in [-0.05, 0) is 25.1 Å². The number of nitrogens with two attached hydrogens (primary N) is 1. The van der Waals surface area contributed by atoms with E-state index in [1.165, 1.54) is 4.88 Å². The van der Waals surface area contributed by atoms with Gasteiger partial charge in [-0.2, -0.15) is 0 Å². The maximum absolute atomic E-state index is 5.93. The van der Waals surface area contributed by atoms with Crippen molar-refractivity contribution in [2.75, 3.05) is 5.32 Å². The molecule has 0 atom stereocenters. The van der Waals surface area contributed by atoms with Gasteiger partial charge in [0.05, 0.1) is 6.54 Å². The van der Waals surface area contributed by atoms with E-state index in [-0.39, 0.29) is 0 Å². The molecular formula is C12H12ClN3S2. The number of halogens is 1. The molecule has 1 heterocycles. The van der Waals surface area contributed by atoms with Crippen molar-refractivity contribution in [3.05, 3.63) is 44.9 Å². The molecule has 0 bridgehead atoms. The van der Waals surface area contributed by atoms with Crippen molar-refractivity contribution in [3.8, 4) is 0 Å². The molecule has 0 radical (unpaired) electrons. The van der Waals surface area contributed by atoms with Gasteiger partial charge in [-0.1, -0.05) is 23.8 Å². The van der Waals surface area contributed by atoms with Gasteiger partial charge < -0.3 is 11.1 Å². The van der Waals surface area contributed by atoms with E-state index in [1.807, 2.05) is 19.2 Å². The molecule has 0 aliphatic rings. The zero-order chi connectivity index (χ0) is 13.1. The van der Waals surface area contributed by atoms with Gasteiger partial charge in [0.2, 0.25) is 0 Å². The van der Waals surface area contributed by atoms with Crippen LogP contribution in [0.3, 0.4) is 0 Å². The van der Waals surface area contributed by atoms with E-state index in [1.54, 1.807) is 23.5 Å². The fourth-order valence-corrected chi connectivity index (χ4v) is 2.60. The van der Waals surface area contributed by atoms with E-state index in [0.29, 0.717) is 16.6 Å². The minimum atomic E-state index is 0.329. The lowest BCUT2D eigenvalue weighted by Gasteiger charge is -2.10. The van der Waals surface area contributed by atoms with E-state index in [0.717, 1.165) is 16.3 Å². The highest BCUT2D eigenvalue weighted by Gasteiger charge is 2.07. The predicted octanol–water partition coefficient (Wildman–Crippen LogP) is 3.35. The summed E-state index contributed by atoms with van der Waals surface area (Å²) in [6.07, 6.45) is 1.86. The number of benzene rings is 1. The van der Waals surface area contributed by atoms with Crippen LogP contribution < -0.4 is 11.1 Å². The fourth-order valence-electron chi connectivity index (χ4n) is 1.53. The van der Waals surface area contributed by atoms with Gasteiger partial charge in [0.25, 0.3) is 0 Å². The molecule has 3 N–H and O–H groups in total. The number of nitrogens with zero attached hydrogens (tertiary/aromatic N) is 1. The summed E-state index contributed by atoms with van der Waals surface area (Å²) < 4.78 is 0. The highest BCUT2D eigenvalue weighted by Crippen LogP contribution is 2.22. The molecule has 0 aliphatic carbocycles. The van der Waals surface area contributed by atoms with Gasteiger partial charge in [-0.25, -0.2) is 4.98 Å².